The molecular weight excluding hydrogens is 250 g/mol. The second kappa shape index (κ2) is 5.49. The van der Waals surface area contributed by atoms with Gasteiger partial charge in [-0.05, 0) is 37.8 Å². The highest BCUT2D eigenvalue weighted by atomic mass is 16.3. The SMILES string of the molecule is CNc1nc(-c2cccc(O)c2)nc2c1CCCCC2. The number of nitrogens with zero attached hydrogens (tertiary/aromatic N) is 2. The van der Waals surface area contributed by atoms with Gasteiger partial charge in [0.05, 0.1) is 0 Å². The predicted octanol–water partition coefficient (Wildman–Crippen LogP) is 3.16. The number of rotatable bonds is 2. The number of hydrogen-bond acceptors (Lipinski definition) is 4. The van der Waals surface area contributed by atoms with Gasteiger partial charge in [0.1, 0.15) is 11.6 Å². The minimum atomic E-state index is 0.243. The summed E-state index contributed by atoms with van der Waals surface area (Å²) in [5, 5.41) is 12.8. The summed E-state index contributed by atoms with van der Waals surface area (Å²) in [6, 6.07) is 7.11. The first-order valence-corrected chi connectivity index (χ1v) is 7.15. The van der Waals surface area contributed by atoms with Crippen molar-refractivity contribution in [2.24, 2.45) is 0 Å². The van der Waals surface area contributed by atoms with E-state index in [-0.39, 0.29) is 5.75 Å². The van der Waals surface area contributed by atoms with Gasteiger partial charge >= 0.3 is 0 Å². The Balaban J connectivity index is 2.11. The van der Waals surface area contributed by atoms with Crippen LogP contribution in [0.1, 0.15) is 30.5 Å². The Hall–Kier alpha value is -2.10. The smallest absolute Gasteiger partial charge is 0.161 e. The molecule has 20 heavy (non-hydrogen) atoms. The second-order valence-electron chi connectivity index (χ2n) is 5.18. The molecule has 2 aromatic rings. The van der Waals surface area contributed by atoms with Gasteiger partial charge in [0.25, 0.3) is 0 Å². The van der Waals surface area contributed by atoms with Gasteiger partial charge in [-0.3, -0.25) is 0 Å². The van der Waals surface area contributed by atoms with Gasteiger partial charge in [-0.25, -0.2) is 9.97 Å². The minimum absolute atomic E-state index is 0.243. The van der Waals surface area contributed by atoms with E-state index < -0.39 is 0 Å². The molecule has 0 radical (unpaired) electrons. The Morgan fingerprint density at radius 2 is 1.95 bits per heavy atom. The zero-order chi connectivity index (χ0) is 13.9. The lowest BCUT2D eigenvalue weighted by Crippen LogP contribution is -2.06. The van der Waals surface area contributed by atoms with Crippen molar-refractivity contribution >= 4 is 5.82 Å². The Morgan fingerprint density at radius 3 is 2.75 bits per heavy atom. The molecule has 4 nitrogen and oxygen atoms in total. The van der Waals surface area contributed by atoms with Crippen molar-refractivity contribution in [3.8, 4) is 17.1 Å². The van der Waals surface area contributed by atoms with Crippen molar-refractivity contribution in [2.75, 3.05) is 12.4 Å². The van der Waals surface area contributed by atoms with Crippen LogP contribution < -0.4 is 5.32 Å². The van der Waals surface area contributed by atoms with Crippen molar-refractivity contribution in [3.05, 3.63) is 35.5 Å². The fourth-order valence-corrected chi connectivity index (χ4v) is 2.75. The lowest BCUT2D eigenvalue weighted by atomic mass is 10.1. The third kappa shape index (κ3) is 2.46. The van der Waals surface area contributed by atoms with Crippen LogP contribution in [0.15, 0.2) is 24.3 Å². The van der Waals surface area contributed by atoms with Crippen molar-refractivity contribution in [2.45, 2.75) is 32.1 Å². The fraction of sp³-hybridized carbons (Fsp3) is 0.375. The standard InChI is InChI=1S/C16H19N3O/c1-17-16-13-8-3-2-4-9-14(13)18-15(19-16)11-6-5-7-12(20)10-11/h5-7,10,20H,2-4,8-9H2,1H3,(H,17,18,19). The van der Waals surface area contributed by atoms with Gasteiger partial charge in [-0.1, -0.05) is 18.6 Å². The van der Waals surface area contributed by atoms with Crippen molar-refractivity contribution < 1.29 is 5.11 Å². The third-order valence-electron chi connectivity index (χ3n) is 3.77. The van der Waals surface area contributed by atoms with E-state index in [0.717, 1.165) is 29.9 Å². The summed E-state index contributed by atoms with van der Waals surface area (Å²) in [6.45, 7) is 0. The Labute approximate surface area is 118 Å². The molecule has 0 saturated carbocycles. The van der Waals surface area contributed by atoms with Crippen LogP contribution >= 0.6 is 0 Å². The summed E-state index contributed by atoms with van der Waals surface area (Å²) in [5.41, 5.74) is 3.27. The number of phenols is 1. The molecule has 1 aliphatic rings. The van der Waals surface area contributed by atoms with Crippen molar-refractivity contribution in [1.29, 1.82) is 0 Å². The zero-order valence-electron chi connectivity index (χ0n) is 11.7. The lowest BCUT2D eigenvalue weighted by Gasteiger charge is -2.13. The molecule has 0 atom stereocenters. The molecule has 0 saturated heterocycles. The zero-order valence-corrected chi connectivity index (χ0v) is 11.7. The van der Waals surface area contributed by atoms with E-state index in [2.05, 4.69) is 10.3 Å². The van der Waals surface area contributed by atoms with Crippen LogP contribution in [0.2, 0.25) is 0 Å². The normalized spacial score (nSPS) is 14.4. The Morgan fingerprint density at radius 1 is 1.10 bits per heavy atom. The van der Waals surface area contributed by atoms with Crippen molar-refractivity contribution in [1.82, 2.24) is 9.97 Å². The summed E-state index contributed by atoms with van der Waals surface area (Å²) < 4.78 is 0. The molecule has 0 fully saturated rings. The van der Waals surface area contributed by atoms with Crippen LogP contribution in [0.3, 0.4) is 0 Å². The van der Waals surface area contributed by atoms with E-state index in [1.54, 1.807) is 12.1 Å². The molecule has 0 aliphatic heterocycles. The third-order valence-corrected chi connectivity index (χ3v) is 3.77. The van der Waals surface area contributed by atoms with E-state index >= 15 is 0 Å². The molecule has 104 valence electrons. The summed E-state index contributed by atoms with van der Waals surface area (Å²) >= 11 is 0. The van der Waals surface area contributed by atoms with E-state index in [1.165, 1.54) is 24.8 Å². The van der Waals surface area contributed by atoms with E-state index in [1.807, 2.05) is 19.2 Å². The first-order chi connectivity index (χ1) is 9.78. The maximum Gasteiger partial charge on any atom is 0.161 e. The fourth-order valence-electron chi connectivity index (χ4n) is 2.75. The van der Waals surface area contributed by atoms with Crippen LogP contribution in [-0.4, -0.2) is 22.1 Å². The summed E-state index contributed by atoms with van der Waals surface area (Å²) in [5.74, 6) is 1.85. The summed E-state index contributed by atoms with van der Waals surface area (Å²) in [4.78, 5) is 9.36. The number of hydrogen-bond donors (Lipinski definition) is 2. The van der Waals surface area contributed by atoms with E-state index in [9.17, 15) is 5.11 Å². The largest absolute Gasteiger partial charge is 0.508 e. The highest BCUT2D eigenvalue weighted by Gasteiger charge is 2.16. The minimum Gasteiger partial charge on any atom is -0.508 e. The first kappa shape index (κ1) is 12.9. The number of anilines is 1. The Kier molecular flexibility index (Phi) is 3.54. The van der Waals surface area contributed by atoms with Crippen LogP contribution in [0, 0.1) is 0 Å². The molecule has 0 spiro atoms. The summed E-state index contributed by atoms with van der Waals surface area (Å²) in [6.07, 6.45) is 5.70. The topological polar surface area (TPSA) is 58.0 Å². The van der Waals surface area contributed by atoms with Crippen molar-refractivity contribution in [3.63, 3.8) is 0 Å². The van der Waals surface area contributed by atoms with Gasteiger partial charge < -0.3 is 10.4 Å². The van der Waals surface area contributed by atoms with Gasteiger partial charge in [-0.2, -0.15) is 0 Å². The monoisotopic (exact) mass is 269 g/mol. The molecule has 3 rings (SSSR count). The predicted molar refractivity (Wildman–Crippen MR) is 79.9 cm³/mol. The van der Waals surface area contributed by atoms with E-state index in [4.69, 9.17) is 4.98 Å². The number of phenolic OH excluding ortho intramolecular Hbond substituents is 1. The maximum atomic E-state index is 9.61. The average Bonchev–Trinajstić information content (AvgIpc) is 2.71. The molecule has 1 aromatic heterocycles. The molecule has 1 aliphatic carbocycles. The molecule has 2 N–H and O–H groups in total. The molecule has 1 aromatic carbocycles. The highest BCUT2D eigenvalue weighted by molar-refractivity contribution is 5.61. The van der Waals surface area contributed by atoms with Crippen LogP contribution in [-0.2, 0) is 12.8 Å². The van der Waals surface area contributed by atoms with Gasteiger partial charge in [0.15, 0.2) is 5.82 Å². The number of aromatic nitrogens is 2. The number of aryl methyl sites for hydroxylation is 1. The first-order valence-electron chi connectivity index (χ1n) is 7.15. The van der Waals surface area contributed by atoms with Gasteiger partial charge in [0, 0.05) is 23.9 Å². The average molecular weight is 269 g/mol. The van der Waals surface area contributed by atoms with Crippen LogP contribution in [0.4, 0.5) is 5.82 Å². The quantitative estimate of drug-likeness (QED) is 0.822. The van der Waals surface area contributed by atoms with Crippen LogP contribution in [0.25, 0.3) is 11.4 Å². The molecule has 0 amide bonds. The number of nitrogens with one attached hydrogen (secondary N) is 1. The maximum absolute atomic E-state index is 9.61. The number of benzene rings is 1. The second-order valence-corrected chi connectivity index (χ2v) is 5.18. The highest BCUT2D eigenvalue weighted by Crippen LogP contribution is 2.28. The molecule has 4 heteroatoms. The Bertz CT molecular complexity index is 625. The molecule has 0 bridgehead atoms. The molecule has 1 heterocycles. The van der Waals surface area contributed by atoms with Gasteiger partial charge in [0.2, 0.25) is 0 Å². The van der Waals surface area contributed by atoms with Crippen LogP contribution in [0.5, 0.6) is 5.75 Å². The summed E-state index contributed by atoms with van der Waals surface area (Å²) in [7, 11) is 1.90. The molecular formula is C16H19N3O. The van der Waals surface area contributed by atoms with Gasteiger partial charge in [-0.15, -0.1) is 0 Å². The van der Waals surface area contributed by atoms with E-state index in [0.29, 0.717) is 5.82 Å². The lowest BCUT2D eigenvalue weighted by molar-refractivity contribution is 0.475. The molecule has 0 unspecified atom stereocenters. The number of fused-ring (bicyclic) bond motifs is 1. The number of aromatic hydroxyl groups is 1.